The second-order valence-corrected chi connectivity index (χ2v) is 11.5. The van der Waals surface area contributed by atoms with E-state index in [-0.39, 0.29) is 35.0 Å². The van der Waals surface area contributed by atoms with Gasteiger partial charge < -0.3 is 4.90 Å². The standard InChI is InChI=1S/C21H22FN3O3S3/c1-2-8-25(16-7-9-31(27,28)12-16)18(26)11-30-21-19-17(10-29-20(19)23-13-24-21)14-3-5-15(22)6-4-14/h3-6,10,13,16H,2,7-9,11-12H2,1H3/t16-/m0/s1. The number of thiophene rings is 1. The van der Waals surface area contributed by atoms with E-state index in [2.05, 4.69) is 9.97 Å². The monoisotopic (exact) mass is 479 g/mol. The second-order valence-electron chi connectivity index (χ2n) is 7.45. The second kappa shape index (κ2) is 9.22. The Morgan fingerprint density at radius 1 is 1.29 bits per heavy atom. The molecule has 1 fully saturated rings. The topological polar surface area (TPSA) is 80.2 Å². The number of carbonyl (C=O) groups excluding carboxylic acids is 1. The van der Waals surface area contributed by atoms with Gasteiger partial charge in [-0.3, -0.25) is 4.79 Å². The molecule has 3 heterocycles. The third-order valence-corrected chi connectivity index (χ3v) is 8.87. The van der Waals surface area contributed by atoms with E-state index in [1.165, 1.54) is 41.6 Å². The quantitative estimate of drug-likeness (QED) is 0.376. The lowest BCUT2D eigenvalue weighted by Gasteiger charge is -2.27. The number of sulfone groups is 1. The number of thioether (sulfide) groups is 1. The Labute approximate surface area is 188 Å². The first-order chi connectivity index (χ1) is 14.9. The zero-order valence-corrected chi connectivity index (χ0v) is 19.4. The summed E-state index contributed by atoms with van der Waals surface area (Å²) in [6.07, 6.45) is 2.74. The van der Waals surface area contributed by atoms with Crippen molar-refractivity contribution in [3.05, 3.63) is 41.8 Å². The molecule has 1 aromatic carbocycles. The summed E-state index contributed by atoms with van der Waals surface area (Å²) in [6.45, 7) is 2.52. The van der Waals surface area contributed by atoms with Gasteiger partial charge in [0.25, 0.3) is 0 Å². The average Bonchev–Trinajstić information content (AvgIpc) is 3.34. The van der Waals surface area contributed by atoms with Gasteiger partial charge in [0.15, 0.2) is 9.84 Å². The fourth-order valence-electron chi connectivity index (χ4n) is 3.79. The molecule has 0 spiro atoms. The predicted molar refractivity (Wildman–Crippen MR) is 123 cm³/mol. The van der Waals surface area contributed by atoms with Crippen LogP contribution in [-0.2, 0) is 14.6 Å². The lowest BCUT2D eigenvalue weighted by atomic mass is 10.1. The molecule has 1 aliphatic rings. The molecule has 1 aliphatic heterocycles. The number of benzene rings is 1. The Morgan fingerprint density at radius 3 is 2.74 bits per heavy atom. The highest BCUT2D eigenvalue weighted by molar-refractivity contribution is 8.00. The smallest absolute Gasteiger partial charge is 0.233 e. The molecule has 31 heavy (non-hydrogen) atoms. The van der Waals surface area contributed by atoms with Gasteiger partial charge in [0.2, 0.25) is 5.91 Å². The van der Waals surface area contributed by atoms with Gasteiger partial charge in [-0.1, -0.05) is 30.8 Å². The van der Waals surface area contributed by atoms with E-state index >= 15 is 0 Å². The molecule has 0 saturated carbocycles. The van der Waals surface area contributed by atoms with E-state index in [1.807, 2.05) is 12.3 Å². The number of halogens is 1. The minimum absolute atomic E-state index is 0.0421. The zero-order valence-electron chi connectivity index (χ0n) is 17.0. The molecular formula is C21H22FN3O3S3. The Morgan fingerprint density at radius 2 is 2.06 bits per heavy atom. The Kier molecular flexibility index (Phi) is 6.59. The summed E-state index contributed by atoms with van der Waals surface area (Å²) in [6, 6.07) is 6.01. The Bertz CT molecular complexity index is 1200. The van der Waals surface area contributed by atoms with Gasteiger partial charge in [-0.2, -0.15) is 0 Å². The highest BCUT2D eigenvalue weighted by Crippen LogP contribution is 2.38. The van der Waals surface area contributed by atoms with E-state index in [4.69, 9.17) is 0 Å². The zero-order chi connectivity index (χ0) is 22.0. The van der Waals surface area contributed by atoms with Crippen LogP contribution in [0.1, 0.15) is 19.8 Å². The highest BCUT2D eigenvalue weighted by atomic mass is 32.2. The number of hydrogen-bond acceptors (Lipinski definition) is 7. The summed E-state index contributed by atoms with van der Waals surface area (Å²) in [5.74, 6) is -0.0355. The molecule has 0 aliphatic carbocycles. The van der Waals surface area contributed by atoms with Crippen LogP contribution >= 0.6 is 23.1 Å². The first kappa shape index (κ1) is 22.2. The largest absolute Gasteiger partial charge is 0.338 e. The van der Waals surface area contributed by atoms with Crippen LogP contribution in [0.3, 0.4) is 0 Å². The van der Waals surface area contributed by atoms with Crippen LogP contribution in [0.5, 0.6) is 0 Å². The van der Waals surface area contributed by atoms with Crippen LogP contribution < -0.4 is 0 Å². The maximum absolute atomic E-state index is 13.3. The van der Waals surface area contributed by atoms with Gasteiger partial charge in [0.05, 0.1) is 22.6 Å². The fraction of sp³-hybridized carbons (Fsp3) is 0.381. The Hall–Kier alpha value is -2.04. The van der Waals surface area contributed by atoms with Crippen LogP contribution in [0, 0.1) is 5.82 Å². The first-order valence-corrected chi connectivity index (χ1v) is 13.7. The molecule has 164 valence electrons. The van der Waals surface area contributed by atoms with Crippen molar-refractivity contribution in [1.82, 2.24) is 14.9 Å². The van der Waals surface area contributed by atoms with Crippen LogP contribution in [0.2, 0.25) is 0 Å². The summed E-state index contributed by atoms with van der Waals surface area (Å²) >= 11 is 2.80. The van der Waals surface area contributed by atoms with Crippen LogP contribution in [0.25, 0.3) is 21.3 Å². The van der Waals surface area contributed by atoms with E-state index in [0.717, 1.165) is 27.8 Å². The summed E-state index contributed by atoms with van der Waals surface area (Å²) in [5.41, 5.74) is 1.77. The van der Waals surface area contributed by atoms with Crippen LogP contribution in [0.4, 0.5) is 4.39 Å². The molecule has 2 aromatic heterocycles. The molecule has 6 nitrogen and oxygen atoms in total. The van der Waals surface area contributed by atoms with Gasteiger partial charge in [0, 0.05) is 23.5 Å². The number of carbonyl (C=O) groups is 1. The van der Waals surface area contributed by atoms with Crippen molar-refractivity contribution < 1.29 is 17.6 Å². The maximum Gasteiger partial charge on any atom is 0.233 e. The van der Waals surface area contributed by atoms with Crippen LogP contribution in [-0.4, -0.2) is 59.0 Å². The molecule has 0 radical (unpaired) electrons. The van der Waals surface area contributed by atoms with E-state index in [1.54, 1.807) is 17.0 Å². The molecule has 1 atom stereocenters. The van der Waals surface area contributed by atoms with Gasteiger partial charge in [-0.15, -0.1) is 11.3 Å². The molecule has 4 rings (SSSR count). The molecule has 1 amide bonds. The summed E-state index contributed by atoms with van der Waals surface area (Å²) in [5, 5.41) is 3.50. The number of hydrogen-bond donors (Lipinski definition) is 0. The van der Waals surface area contributed by atoms with E-state index in [0.29, 0.717) is 18.0 Å². The number of aromatic nitrogens is 2. The van der Waals surface area contributed by atoms with Gasteiger partial charge in [-0.05, 0) is 30.5 Å². The number of nitrogens with zero attached hydrogens (tertiary/aromatic N) is 3. The first-order valence-electron chi connectivity index (χ1n) is 9.99. The molecular weight excluding hydrogens is 457 g/mol. The molecule has 0 bridgehead atoms. The lowest BCUT2D eigenvalue weighted by molar-refractivity contribution is -0.130. The molecule has 0 unspecified atom stereocenters. The third-order valence-electron chi connectivity index (χ3n) is 5.26. The lowest BCUT2D eigenvalue weighted by Crippen LogP contribution is -2.42. The molecule has 0 N–H and O–H groups in total. The van der Waals surface area contributed by atoms with Crippen molar-refractivity contribution in [2.24, 2.45) is 0 Å². The fourth-order valence-corrected chi connectivity index (χ4v) is 7.39. The average molecular weight is 480 g/mol. The van der Waals surface area contributed by atoms with Crippen molar-refractivity contribution in [3.8, 4) is 11.1 Å². The number of rotatable bonds is 7. The van der Waals surface area contributed by atoms with Crippen LogP contribution in [0.15, 0.2) is 41.0 Å². The summed E-state index contributed by atoms with van der Waals surface area (Å²) in [7, 11) is -3.07. The van der Waals surface area contributed by atoms with Gasteiger partial charge >= 0.3 is 0 Å². The minimum atomic E-state index is -3.07. The maximum atomic E-state index is 13.3. The van der Waals surface area contributed by atoms with Gasteiger partial charge in [0.1, 0.15) is 22.0 Å². The van der Waals surface area contributed by atoms with E-state index in [9.17, 15) is 17.6 Å². The summed E-state index contributed by atoms with van der Waals surface area (Å²) < 4.78 is 37.1. The van der Waals surface area contributed by atoms with Crippen molar-refractivity contribution in [3.63, 3.8) is 0 Å². The SMILES string of the molecule is CCCN(C(=O)CSc1ncnc2scc(-c3ccc(F)cc3)c12)[C@H]1CCS(=O)(=O)C1. The van der Waals surface area contributed by atoms with E-state index < -0.39 is 9.84 Å². The van der Waals surface area contributed by atoms with Crippen molar-refractivity contribution >= 4 is 49.1 Å². The van der Waals surface area contributed by atoms with Gasteiger partial charge in [-0.25, -0.2) is 22.8 Å². The van der Waals surface area contributed by atoms with Crippen molar-refractivity contribution in [2.75, 3.05) is 23.8 Å². The predicted octanol–water partition coefficient (Wildman–Crippen LogP) is 4.02. The molecule has 1 saturated heterocycles. The van der Waals surface area contributed by atoms with Crippen molar-refractivity contribution in [2.45, 2.75) is 30.8 Å². The normalized spacial score (nSPS) is 17.8. The number of fused-ring (bicyclic) bond motifs is 1. The minimum Gasteiger partial charge on any atom is -0.338 e. The molecule has 10 heteroatoms. The third kappa shape index (κ3) is 4.91. The number of amides is 1. The molecule has 3 aromatic rings. The summed E-state index contributed by atoms with van der Waals surface area (Å²) in [4.78, 5) is 24.2. The van der Waals surface area contributed by atoms with Crippen molar-refractivity contribution in [1.29, 1.82) is 0 Å². The Balaban J connectivity index is 1.56. The highest BCUT2D eigenvalue weighted by Gasteiger charge is 2.34.